The molecule has 0 aliphatic carbocycles. The molecule has 0 aliphatic heterocycles. The molecule has 156 valence electrons. The van der Waals surface area contributed by atoms with Gasteiger partial charge in [0.25, 0.3) is 0 Å². The second-order valence-corrected chi connectivity index (χ2v) is 10.2. The van der Waals surface area contributed by atoms with Crippen molar-refractivity contribution in [1.29, 1.82) is 0 Å². The summed E-state index contributed by atoms with van der Waals surface area (Å²) in [5.74, 6) is 1.74. The number of nitrogens with zero attached hydrogens (tertiary/aromatic N) is 4. The summed E-state index contributed by atoms with van der Waals surface area (Å²) >= 11 is 11.4. The molecule has 0 fully saturated rings. The van der Waals surface area contributed by atoms with Gasteiger partial charge in [-0.2, -0.15) is 0 Å². The van der Waals surface area contributed by atoms with Gasteiger partial charge in [0.1, 0.15) is 5.01 Å². The fourth-order valence-electron chi connectivity index (χ4n) is 3.40. The van der Waals surface area contributed by atoms with E-state index in [4.69, 9.17) is 16.6 Å². The largest absolute Gasteiger partial charge is 0.302 e. The van der Waals surface area contributed by atoms with E-state index in [1.54, 1.807) is 34.4 Å². The van der Waals surface area contributed by atoms with Gasteiger partial charge < -0.3 is 4.57 Å². The molecule has 4 nitrogen and oxygen atoms in total. The van der Waals surface area contributed by atoms with Crippen LogP contribution in [0.5, 0.6) is 0 Å². The van der Waals surface area contributed by atoms with E-state index in [0.717, 1.165) is 57.4 Å². The number of thiophene rings is 1. The van der Waals surface area contributed by atoms with Gasteiger partial charge in [-0.1, -0.05) is 55.4 Å². The average Bonchev–Trinajstić information content (AvgIpc) is 3.46. The number of aromatic nitrogens is 4. The molecule has 0 spiro atoms. The van der Waals surface area contributed by atoms with Gasteiger partial charge in [0, 0.05) is 39.1 Å². The maximum absolute atomic E-state index is 6.32. The molecule has 0 bridgehead atoms. The van der Waals surface area contributed by atoms with Crippen LogP contribution in [0.15, 0.2) is 40.2 Å². The van der Waals surface area contributed by atoms with Crippen molar-refractivity contribution in [3.8, 4) is 22.0 Å². The van der Waals surface area contributed by atoms with Crippen LogP contribution in [0.4, 0.5) is 0 Å². The lowest BCUT2D eigenvalue weighted by molar-refractivity contribution is 0.626. The van der Waals surface area contributed by atoms with Crippen molar-refractivity contribution >= 4 is 46.0 Å². The highest BCUT2D eigenvalue weighted by Gasteiger charge is 2.19. The van der Waals surface area contributed by atoms with Crippen LogP contribution in [0, 0.1) is 6.92 Å². The van der Waals surface area contributed by atoms with Crippen LogP contribution in [0.25, 0.3) is 22.0 Å². The van der Waals surface area contributed by atoms with Crippen molar-refractivity contribution in [2.24, 2.45) is 0 Å². The van der Waals surface area contributed by atoms with Crippen LogP contribution >= 0.6 is 46.0 Å². The van der Waals surface area contributed by atoms with E-state index in [0.29, 0.717) is 0 Å². The fraction of sp³-hybridized carbons (Fsp3) is 0.318. The second kappa shape index (κ2) is 9.64. The number of hydrogen-bond donors (Lipinski definition) is 0. The van der Waals surface area contributed by atoms with Gasteiger partial charge in [0.2, 0.25) is 0 Å². The van der Waals surface area contributed by atoms with Crippen LogP contribution in [0.3, 0.4) is 0 Å². The van der Waals surface area contributed by atoms with Gasteiger partial charge in [0.05, 0.1) is 10.7 Å². The van der Waals surface area contributed by atoms with Crippen molar-refractivity contribution in [1.82, 2.24) is 19.7 Å². The highest BCUT2D eigenvalue weighted by molar-refractivity contribution is 7.98. The number of aryl methyl sites for hydroxylation is 1. The highest BCUT2D eigenvalue weighted by atomic mass is 35.5. The van der Waals surface area contributed by atoms with Crippen LogP contribution in [0.1, 0.15) is 36.4 Å². The Hall–Kier alpha value is -1.67. The monoisotopic (exact) mass is 474 g/mol. The summed E-state index contributed by atoms with van der Waals surface area (Å²) in [4.78, 5) is 6.15. The summed E-state index contributed by atoms with van der Waals surface area (Å²) in [7, 11) is 0. The van der Waals surface area contributed by atoms with E-state index in [2.05, 4.69) is 46.3 Å². The Balaban J connectivity index is 1.56. The maximum Gasteiger partial charge on any atom is 0.191 e. The summed E-state index contributed by atoms with van der Waals surface area (Å²) in [5, 5.41) is 16.0. The zero-order valence-electron chi connectivity index (χ0n) is 17.2. The molecule has 0 N–H and O–H groups in total. The normalized spacial score (nSPS) is 11.3. The van der Waals surface area contributed by atoms with Gasteiger partial charge in [0.15, 0.2) is 11.0 Å². The molecule has 3 aromatic heterocycles. The Kier molecular flexibility index (Phi) is 6.93. The van der Waals surface area contributed by atoms with E-state index in [9.17, 15) is 0 Å². The van der Waals surface area contributed by atoms with Crippen molar-refractivity contribution in [3.05, 3.63) is 56.2 Å². The van der Waals surface area contributed by atoms with Gasteiger partial charge in [-0.05, 0) is 31.4 Å². The summed E-state index contributed by atoms with van der Waals surface area (Å²) in [6, 6.07) is 7.84. The molecular weight excluding hydrogens is 452 g/mol. The zero-order chi connectivity index (χ0) is 21.1. The highest BCUT2D eigenvalue weighted by Crippen LogP contribution is 2.35. The number of rotatable bonds is 8. The standard InChI is InChI=1S/C22H23ClN4S3/c1-4-10-27-20(18-13-28-14(3)16(18)5-2)25-26-22(27)30-12-15-11-29-21(24-15)17-8-6-7-9-19(17)23/h6-9,11,13H,4-5,10,12H2,1-3H3. The van der Waals surface area contributed by atoms with Crippen LogP contribution in [0.2, 0.25) is 5.02 Å². The molecule has 0 saturated heterocycles. The molecule has 0 atom stereocenters. The molecule has 0 unspecified atom stereocenters. The number of halogens is 1. The molecule has 0 amide bonds. The van der Waals surface area contributed by atoms with Crippen LogP contribution < -0.4 is 0 Å². The Bertz CT molecular complexity index is 1150. The summed E-state index contributed by atoms with van der Waals surface area (Å²) in [6.07, 6.45) is 2.05. The zero-order valence-corrected chi connectivity index (χ0v) is 20.4. The second-order valence-electron chi connectivity index (χ2n) is 6.91. The van der Waals surface area contributed by atoms with Gasteiger partial charge >= 0.3 is 0 Å². The third-order valence-corrected chi connectivity index (χ3v) is 8.08. The SMILES string of the molecule is CCCn1c(SCc2csc(-c3ccccc3Cl)n2)nnc1-c1csc(C)c1CC. The Morgan fingerprint density at radius 3 is 2.67 bits per heavy atom. The lowest BCUT2D eigenvalue weighted by atomic mass is 10.1. The predicted molar refractivity (Wildman–Crippen MR) is 130 cm³/mol. The van der Waals surface area contributed by atoms with Gasteiger partial charge in [-0.3, -0.25) is 0 Å². The van der Waals surface area contributed by atoms with Crippen molar-refractivity contribution in [2.45, 2.75) is 51.1 Å². The Morgan fingerprint density at radius 1 is 1.07 bits per heavy atom. The van der Waals surface area contributed by atoms with E-state index in [-0.39, 0.29) is 0 Å². The lowest BCUT2D eigenvalue weighted by Gasteiger charge is -2.09. The van der Waals surface area contributed by atoms with Crippen molar-refractivity contribution < 1.29 is 0 Å². The molecule has 4 aromatic rings. The molecule has 30 heavy (non-hydrogen) atoms. The first-order chi connectivity index (χ1) is 14.6. The summed E-state index contributed by atoms with van der Waals surface area (Å²) in [5.41, 5.74) is 4.62. The molecule has 8 heteroatoms. The quantitative estimate of drug-likeness (QED) is 0.250. The molecule has 4 rings (SSSR count). The predicted octanol–water partition coefficient (Wildman–Crippen LogP) is 7.36. The number of thiazole rings is 1. The molecular formula is C22H23ClN4S3. The molecule has 0 aliphatic rings. The topological polar surface area (TPSA) is 43.6 Å². The van der Waals surface area contributed by atoms with E-state index < -0.39 is 0 Å². The molecule has 1 aromatic carbocycles. The van der Waals surface area contributed by atoms with E-state index in [1.165, 1.54) is 16.0 Å². The minimum Gasteiger partial charge on any atom is -0.302 e. The number of benzene rings is 1. The van der Waals surface area contributed by atoms with Gasteiger partial charge in [-0.25, -0.2) is 4.98 Å². The lowest BCUT2D eigenvalue weighted by Crippen LogP contribution is -2.02. The Labute approximate surface area is 194 Å². The first kappa shape index (κ1) is 21.6. The molecule has 3 heterocycles. The van der Waals surface area contributed by atoms with E-state index in [1.807, 2.05) is 24.3 Å². The Morgan fingerprint density at radius 2 is 1.90 bits per heavy atom. The van der Waals surface area contributed by atoms with Crippen LogP contribution in [-0.4, -0.2) is 19.7 Å². The molecule has 0 radical (unpaired) electrons. The van der Waals surface area contributed by atoms with Gasteiger partial charge in [-0.15, -0.1) is 32.9 Å². The first-order valence-corrected chi connectivity index (χ1v) is 13.1. The molecule has 0 saturated carbocycles. The summed E-state index contributed by atoms with van der Waals surface area (Å²) in [6.45, 7) is 7.48. The van der Waals surface area contributed by atoms with E-state index >= 15 is 0 Å². The van der Waals surface area contributed by atoms with Crippen molar-refractivity contribution in [3.63, 3.8) is 0 Å². The van der Waals surface area contributed by atoms with Crippen molar-refractivity contribution in [2.75, 3.05) is 0 Å². The first-order valence-electron chi connectivity index (χ1n) is 9.95. The minimum atomic E-state index is 0.733. The third-order valence-electron chi connectivity index (χ3n) is 4.87. The minimum absolute atomic E-state index is 0.733. The fourth-order valence-corrected chi connectivity index (χ4v) is 6.44. The smallest absolute Gasteiger partial charge is 0.191 e. The summed E-state index contributed by atoms with van der Waals surface area (Å²) < 4.78 is 2.26. The third kappa shape index (κ3) is 4.35. The number of hydrogen-bond acceptors (Lipinski definition) is 6. The maximum atomic E-state index is 6.32. The average molecular weight is 475 g/mol. The number of thioether (sulfide) groups is 1. The van der Waals surface area contributed by atoms with Crippen LogP contribution in [-0.2, 0) is 18.7 Å².